The van der Waals surface area contributed by atoms with Gasteiger partial charge < -0.3 is 5.73 Å². The zero-order valence-electron chi connectivity index (χ0n) is 10.8. The van der Waals surface area contributed by atoms with Crippen LogP contribution in [0.5, 0.6) is 0 Å². The van der Waals surface area contributed by atoms with Crippen molar-refractivity contribution >= 4 is 5.69 Å². The maximum absolute atomic E-state index is 14.0. The first-order valence-electron chi connectivity index (χ1n) is 5.54. The fourth-order valence-electron chi connectivity index (χ4n) is 1.73. The average Bonchev–Trinajstić information content (AvgIpc) is 2.33. The molecule has 0 aromatic heterocycles. The third kappa shape index (κ3) is 2.95. The Morgan fingerprint density at radius 3 is 1.46 bits per heavy atom. The molecule has 0 amide bonds. The first kappa shape index (κ1) is 20.2. The second kappa shape index (κ2) is 5.34. The highest BCUT2D eigenvalue weighted by atomic mass is 19.4. The second-order valence-corrected chi connectivity index (χ2v) is 4.53. The number of anilines is 1. The summed E-state index contributed by atoms with van der Waals surface area (Å²) in [6.45, 7) is 0. The van der Waals surface area contributed by atoms with Crippen molar-refractivity contribution in [3.8, 4) is 0 Å². The Bertz CT molecular complexity index is 611. The number of hydrogen-bond acceptors (Lipinski definition) is 1. The van der Waals surface area contributed by atoms with Crippen molar-refractivity contribution in [1.82, 2.24) is 0 Å². The molecule has 1 aromatic carbocycles. The van der Waals surface area contributed by atoms with Gasteiger partial charge in [0.1, 0.15) is 0 Å². The molecule has 1 rings (SSSR count). The van der Waals surface area contributed by atoms with Crippen molar-refractivity contribution in [3.05, 3.63) is 29.3 Å². The maximum atomic E-state index is 14.0. The molecule has 0 unspecified atom stereocenters. The summed E-state index contributed by atoms with van der Waals surface area (Å²) in [5, 5.41) is 0. The van der Waals surface area contributed by atoms with Crippen LogP contribution >= 0.6 is 0 Å². The van der Waals surface area contributed by atoms with E-state index in [1.54, 1.807) is 0 Å². The molecule has 1 aromatic rings. The zero-order chi connectivity index (χ0) is 19.4. The lowest BCUT2D eigenvalue weighted by atomic mass is 9.86. The topological polar surface area (TPSA) is 26.0 Å². The SMILES string of the molecule is Nc1ccc([C@@](F)(C(F)(F)F)C(F)(F)C(F)(F)F)cc1C(F)(F)F. The van der Waals surface area contributed by atoms with Gasteiger partial charge in [-0.25, -0.2) is 4.39 Å². The highest BCUT2D eigenvalue weighted by Gasteiger charge is 2.81. The van der Waals surface area contributed by atoms with Gasteiger partial charge >= 0.3 is 30.1 Å². The number of benzene rings is 1. The highest BCUT2D eigenvalue weighted by molar-refractivity contribution is 5.52. The van der Waals surface area contributed by atoms with Crippen LogP contribution in [0.3, 0.4) is 0 Å². The van der Waals surface area contributed by atoms with E-state index in [0.29, 0.717) is 0 Å². The molecule has 0 spiro atoms. The summed E-state index contributed by atoms with van der Waals surface area (Å²) in [5.74, 6) is -7.06. The first-order chi connectivity index (χ1) is 10.4. The Kier molecular flexibility index (Phi) is 4.50. The van der Waals surface area contributed by atoms with Gasteiger partial charge in [0.05, 0.1) is 5.56 Å². The molecule has 0 heterocycles. The Balaban J connectivity index is 3.79. The van der Waals surface area contributed by atoms with E-state index in [4.69, 9.17) is 5.73 Å². The second-order valence-electron chi connectivity index (χ2n) is 4.53. The summed E-state index contributed by atoms with van der Waals surface area (Å²) < 4.78 is 153. The van der Waals surface area contributed by atoms with Gasteiger partial charge in [-0.3, -0.25) is 0 Å². The van der Waals surface area contributed by atoms with E-state index in [-0.39, 0.29) is 12.1 Å². The van der Waals surface area contributed by atoms with Crippen LogP contribution in [-0.4, -0.2) is 18.3 Å². The van der Waals surface area contributed by atoms with Gasteiger partial charge in [0.25, 0.3) is 0 Å². The highest BCUT2D eigenvalue weighted by Crippen LogP contribution is 2.58. The molecule has 0 aliphatic carbocycles. The molecule has 0 fully saturated rings. The molecule has 24 heavy (non-hydrogen) atoms. The van der Waals surface area contributed by atoms with Gasteiger partial charge in [-0.2, -0.15) is 48.3 Å². The number of hydrogen-bond donors (Lipinski definition) is 1. The van der Waals surface area contributed by atoms with Crippen molar-refractivity contribution in [3.63, 3.8) is 0 Å². The van der Waals surface area contributed by atoms with Crippen LogP contribution < -0.4 is 5.73 Å². The summed E-state index contributed by atoms with van der Waals surface area (Å²) in [5.41, 5.74) is -7.72. The minimum Gasteiger partial charge on any atom is -0.398 e. The fraction of sp³-hybridized carbons (Fsp3) is 0.455. The Labute approximate surface area is 125 Å². The van der Waals surface area contributed by atoms with Crippen LogP contribution in [0.2, 0.25) is 0 Å². The molecule has 13 heteroatoms. The van der Waals surface area contributed by atoms with E-state index >= 15 is 0 Å². The fourth-order valence-corrected chi connectivity index (χ4v) is 1.73. The molecule has 0 saturated carbocycles. The molecular weight excluding hydrogens is 374 g/mol. The smallest absolute Gasteiger partial charge is 0.398 e. The normalized spacial score (nSPS) is 16.8. The Morgan fingerprint density at radius 1 is 0.667 bits per heavy atom. The van der Waals surface area contributed by atoms with Gasteiger partial charge in [0.2, 0.25) is 0 Å². The van der Waals surface area contributed by atoms with Crippen molar-refractivity contribution in [2.75, 3.05) is 5.73 Å². The van der Waals surface area contributed by atoms with E-state index in [0.717, 1.165) is 0 Å². The zero-order valence-corrected chi connectivity index (χ0v) is 10.8. The van der Waals surface area contributed by atoms with Crippen LogP contribution in [0.4, 0.5) is 58.4 Å². The minimum absolute atomic E-state index is 0.0509. The van der Waals surface area contributed by atoms with Crippen molar-refractivity contribution in [2.24, 2.45) is 0 Å². The lowest BCUT2D eigenvalue weighted by Crippen LogP contribution is -2.59. The van der Waals surface area contributed by atoms with Gasteiger partial charge in [0.15, 0.2) is 0 Å². The van der Waals surface area contributed by atoms with Crippen LogP contribution in [0.25, 0.3) is 0 Å². The predicted molar refractivity (Wildman–Crippen MR) is 55.7 cm³/mol. The molecule has 0 saturated heterocycles. The largest absolute Gasteiger partial charge is 0.457 e. The predicted octanol–water partition coefficient (Wildman–Crippen LogP) is 5.21. The van der Waals surface area contributed by atoms with Crippen LogP contribution in [-0.2, 0) is 11.8 Å². The number of halogens is 12. The summed E-state index contributed by atoms with van der Waals surface area (Å²) >= 11 is 0. The Morgan fingerprint density at radius 2 is 1.12 bits per heavy atom. The van der Waals surface area contributed by atoms with Crippen molar-refractivity contribution in [2.45, 2.75) is 30.1 Å². The van der Waals surface area contributed by atoms with E-state index in [9.17, 15) is 52.7 Å². The average molecular weight is 379 g/mol. The monoisotopic (exact) mass is 379 g/mol. The molecule has 2 N–H and O–H groups in total. The van der Waals surface area contributed by atoms with Crippen LogP contribution in [0.1, 0.15) is 11.1 Å². The third-order valence-corrected chi connectivity index (χ3v) is 2.94. The number of nitrogen functional groups attached to an aromatic ring is 1. The maximum Gasteiger partial charge on any atom is 0.457 e. The molecular formula is C11H5F12N. The van der Waals surface area contributed by atoms with Crippen molar-refractivity contribution < 1.29 is 52.7 Å². The summed E-state index contributed by atoms with van der Waals surface area (Å²) in [6.07, 6.45) is -19.4. The van der Waals surface area contributed by atoms with Crippen LogP contribution in [0, 0.1) is 0 Å². The third-order valence-electron chi connectivity index (χ3n) is 2.94. The minimum atomic E-state index is -7.06. The first-order valence-corrected chi connectivity index (χ1v) is 5.54. The van der Waals surface area contributed by atoms with Gasteiger partial charge in [-0.15, -0.1) is 0 Å². The molecule has 0 bridgehead atoms. The molecule has 138 valence electrons. The summed E-state index contributed by atoms with van der Waals surface area (Å²) in [4.78, 5) is 0. The van der Waals surface area contributed by atoms with Gasteiger partial charge in [-0.05, 0) is 12.1 Å². The number of nitrogens with two attached hydrogens (primary N) is 1. The summed E-state index contributed by atoms with van der Waals surface area (Å²) in [7, 11) is 0. The van der Waals surface area contributed by atoms with Gasteiger partial charge in [-0.1, -0.05) is 6.07 Å². The number of rotatable bonds is 2. The van der Waals surface area contributed by atoms with Gasteiger partial charge in [0, 0.05) is 11.3 Å². The molecule has 1 atom stereocenters. The molecule has 0 aliphatic heterocycles. The quantitative estimate of drug-likeness (QED) is 0.554. The number of alkyl halides is 12. The standard InChI is InChI=1S/C11H5F12N/c12-7(10(18,19)20,9(16,17)11(21,22)23)4-1-2-6(24)5(3-4)8(13,14)15/h1-3H,24H2/t7-/m0/s1. The lowest BCUT2D eigenvalue weighted by Gasteiger charge is -2.36. The molecule has 0 aliphatic rings. The van der Waals surface area contributed by atoms with E-state index in [1.165, 1.54) is 0 Å². The lowest BCUT2D eigenvalue weighted by molar-refractivity contribution is -0.389. The van der Waals surface area contributed by atoms with E-state index < -0.39 is 53.0 Å². The molecule has 0 radical (unpaired) electrons. The van der Waals surface area contributed by atoms with Crippen LogP contribution in [0.15, 0.2) is 18.2 Å². The Hall–Kier alpha value is -1.82. The van der Waals surface area contributed by atoms with Crippen molar-refractivity contribution in [1.29, 1.82) is 0 Å². The molecule has 1 nitrogen and oxygen atoms in total. The summed E-state index contributed by atoms with van der Waals surface area (Å²) in [6, 6.07) is -1.20. The van der Waals surface area contributed by atoms with E-state index in [1.807, 2.05) is 0 Å². The van der Waals surface area contributed by atoms with E-state index in [2.05, 4.69) is 0 Å².